The molecule has 1 aromatic carbocycles. The van der Waals surface area contributed by atoms with Gasteiger partial charge in [0.1, 0.15) is 5.82 Å². The van der Waals surface area contributed by atoms with Crippen molar-refractivity contribution in [3.05, 3.63) is 58.9 Å². The van der Waals surface area contributed by atoms with Crippen molar-refractivity contribution in [2.24, 2.45) is 0 Å². The van der Waals surface area contributed by atoms with Gasteiger partial charge >= 0.3 is 11.9 Å². The maximum Gasteiger partial charge on any atom is 0.328 e. The number of allylic oxidation sites excluding steroid dienone is 1. The van der Waals surface area contributed by atoms with Crippen molar-refractivity contribution in [1.29, 1.82) is 0 Å². The zero-order valence-electron chi connectivity index (χ0n) is 15.8. The highest BCUT2D eigenvalue weighted by molar-refractivity contribution is 5.89. The minimum absolute atomic E-state index is 0.0474. The summed E-state index contributed by atoms with van der Waals surface area (Å²) in [4.78, 5) is 21.3. The van der Waals surface area contributed by atoms with Crippen molar-refractivity contribution in [2.75, 3.05) is 26.7 Å². The summed E-state index contributed by atoms with van der Waals surface area (Å²) in [6, 6.07) is 5.30. The number of aliphatic carboxylic acids is 2. The molecule has 2 rings (SSSR count). The lowest BCUT2D eigenvalue weighted by atomic mass is 10.0. The molecule has 1 aromatic rings. The predicted molar refractivity (Wildman–Crippen MR) is 100 cm³/mol. The van der Waals surface area contributed by atoms with Crippen molar-refractivity contribution in [2.45, 2.75) is 26.4 Å². The van der Waals surface area contributed by atoms with E-state index >= 15 is 0 Å². The lowest BCUT2D eigenvalue weighted by Gasteiger charge is -2.21. The maximum absolute atomic E-state index is 13.9. The quantitative estimate of drug-likeness (QED) is 0.604. The van der Waals surface area contributed by atoms with Gasteiger partial charge in [-0.15, -0.1) is 0 Å². The van der Waals surface area contributed by atoms with Crippen LogP contribution < -0.4 is 0 Å². The number of hydrogen-bond donors (Lipinski definition) is 2. The van der Waals surface area contributed by atoms with E-state index in [1.807, 2.05) is 6.07 Å². The van der Waals surface area contributed by atoms with Gasteiger partial charge in [-0.1, -0.05) is 23.8 Å². The molecule has 0 fully saturated rings. The molecule has 0 aromatic heterocycles. The number of hydrogen-bond acceptors (Lipinski definition) is 4. The number of carbonyl (C=O) groups is 2. The highest BCUT2D eigenvalue weighted by Crippen LogP contribution is 2.28. The molecule has 1 atom stereocenters. The molecule has 0 amide bonds. The molecule has 0 saturated heterocycles. The van der Waals surface area contributed by atoms with Crippen molar-refractivity contribution < 1.29 is 28.9 Å². The smallest absolute Gasteiger partial charge is 0.328 e. The van der Waals surface area contributed by atoms with Gasteiger partial charge in [0.2, 0.25) is 0 Å². The normalized spacial score (nSPS) is 16.7. The fraction of sp³-hybridized carbons (Fsp3) is 0.400. The molecule has 1 aliphatic heterocycles. The topological polar surface area (TPSA) is 87.1 Å². The summed E-state index contributed by atoms with van der Waals surface area (Å²) in [6.45, 7) is 6.37. The monoisotopic (exact) mass is 379 g/mol. The van der Waals surface area contributed by atoms with Crippen LogP contribution in [0, 0.1) is 5.82 Å². The van der Waals surface area contributed by atoms with Crippen LogP contribution in [-0.4, -0.2) is 53.8 Å². The van der Waals surface area contributed by atoms with Gasteiger partial charge in [-0.2, -0.15) is 0 Å². The lowest BCUT2D eigenvalue weighted by molar-refractivity contribution is -0.134. The first-order valence-electron chi connectivity index (χ1n) is 8.55. The Bertz CT molecular complexity index is 694. The van der Waals surface area contributed by atoms with Gasteiger partial charge in [0.15, 0.2) is 0 Å². The van der Waals surface area contributed by atoms with E-state index < -0.39 is 11.9 Å². The highest BCUT2D eigenvalue weighted by atomic mass is 19.1. The molecule has 0 saturated carbocycles. The average Bonchev–Trinajstić information content (AvgIpc) is 2.73. The number of ether oxygens (including phenoxy) is 1. The van der Waals surface area contributed by atoms with Crippen LogP contribution in [0.2, 0.25) is 0 Å². The number of likely N-dealkylation sites (N-methyl/N-ethyl adjacent to an activating group) is 1. The molecule has 148 valence electrons. The first-order valence-corrected chi connectivity index (χ1v) is 8.55. The summed E-state index contributed by atoms with van der Waals surface area (Å²) in [5.41, 5.74) is 3.06. The molecular formula is C20H26FNO5. The molecule has 27 heavy (non-hydrogen) atoms. The third kappa shape index (κ3) is 8.61. The van der Waals surface area contributed by atoms with Crippen LogP contribution in [0.25, 0.3) is 0 Å². The van der Waals surface area contributed by atoms with Crippen molar-refractivity contribution in [3.8, 4) is 0 Å². The maximum atomic E-state index is 13.9. The second-order valence-corrected chi connectivity index (χ2v) is 6.43. The van der Waals surface area contributed by atoms with Crippen molar-refractivity contribution in [1.82, 2.24) is 4.90 Å². The fourth-order valence-corrected chi connectivity index (χ4v) is 2.53. The van der Waals surface area contributed by atoms with Crippen LogP contribution in [-0.2, 0) is 20.7 Å². The van der Waals surface area contributed by atoms with E-state index in [0.717, 1.165) is 30.6 Å². The van der Waals surface area contributed by atoms with Gasteiger partial charge in [-0.05, 0) is 44.5 Å². The molecule has 1 heterocycles. The van der Waals surface area contributed by atoms with Gasteiger partial charge in [-0.25, -0.2) is 14.0 Å². The van der Waals surface area contributed by atoms with E-state index in [1.165, 1.54) is 11.6 Å². The van der Waals surface area contributed by atoms with Crippen molar-refractivity contribution >= 4 is 11.9 Å². The van der Waals surface area contributed by atoms with E-state index in [-0.39, 0.29) is 11.9 Å². The number of nitrogens with zero attached hydrogens (tertiary/aromatic N) is 1. The largest absolute Gasteiger partial charge is 0.478 e. The minimum atomic E-state index is -1.26. The number of halogens is 1. The number of rotatable bonds is 5. The number of carboxylic acid groups (broad SMARTS) is 2. The van der Waals surface area contributed by atoms with Crippen molar-refractivity contribution in [3.63, 3.8) is 0 Å². The molecule has 0 bridgehead atoms. The summed E-state index contributed by atoms with van der Waals surface area (Å²) < 4.78 is 19.9. The van der Waals surface area contributed by atoms with Crippen LogP contribution in [0.15, 0.2) is 42.0 Å². The molecule has 1 aliphatic rings. The number of carboxylic acids is 2. The zero-order valence-corrected chi connectivity index (χ0v) is 15.8. The average molecular weight is 379 g/mol. The first kappa shape index (κ1) is 22.5. The summed E-state index contributed by atoms with van der Waals surface area (Å²) in [5, 5.41) is 15.6. The van der Waals surface area contributed by atoms with Crippen LogP contribution in [0.5, 0.6) is 0 Å². The standard InChI is InChI=1S/C16H22FNO.C4H4O4/c1-12(2)8-10-19-16-11-18(3)9-7-13-14(16)5-4-6-15(13)17;5-3(6)1-2-4(7)8/h4-6,8,16H,7,9-11H2,1-3H3;1-2H,(H,5,6)(H,7,8). The minimum Gasteiger partial charge on any atom is -0.478 e. The van der Waals surface area contributed by atoms with E-state index in [2.05, 4.69) is 31.9 Å². The Kier molecular flexibility index (Phi) is 9.39. The van der Waals surface area contributed by atoms with E-state index in [9.17, 15) is 14.0 Å². The Morgan fingerprint density at radius 1 is 1.26 bits per heavy atom. The van der Waals surface area contributed by atoms with Crippen LogP contribution >= 0.6 is 0 Å². The molecule has 7 heteroatoms. The Labute approximate surface area is 158 Å². The molecule has 0 spiro atoms. The van der Waals surface area contributed by atoms with Crippen LogP contribution in [0.3, 0.4) is 0 Å². The van der Waals surface area contributed by atoms with E-state index in [1.54, 1.807) is 6.07 Å². The van der Waals surface area contributed by atoms with Gasteiger partial charge in [0.25, 0.3) is 0 Å². The number of fused-ring (bicyclic) bond motifs is 1. The third-order valence-electron chi connectivity index (χ3n) is 3.88. The number of benzene rings is 1. The van der Waals surface area contributed by atoms with Gasteiger partial charge in [-0.3, -0.25) is 0 Å². The lowest BCUT2D eigenvalue weighted by Crippen LogP contribution is -2.25. The molecule has 0 radical (unpaired) electrons. The summed E-state index contributed by atoms with van der Waals surface area (Å²) in [5.74, 6) is -2.62. The Hall–Kier alpha value is -2.51. The third-order valence-corrected chi connectivity index (χ3v) is 3.88. The van der Waals surface area contributed by atoms with Gasteiger partial charge < -0.3 is 19.8 Å². The second kappa shape index (κ2) is 11.3. The first-order chi connectivity index (χ1) is 12.7. The Morgan fingerprint density at radius 3 is 2.44 bits per heavy atom. The summed E-state index contributed by atoms with van der Waals surface area (Å²) in [6.07, 6.45) is 3.88. The van der Waals surface area contributed by atoms with Crippen LogP contribution in [0.4, 0.5) is 4.39 Å². The summed E-state index contributed by atoms with van der Waals surface area (Å²) in [7, 11) is 2.06. The Balaban J connectivity index is 0.000000387. The van der Waals surface area contributed by atoms with Gasteiger partial charge in [0.05, 0.1) is 12.7 Å². The second-order valence-electron chi connectivity index (χ2n) is 6.43. The fourth-order valence-electron chi connectivity index (χ4n) is 2.53. The highest BCUT2D eigenvalue weighted by Gasteiger charge is 2.23. The molecule has 6 nitrogen and oxygen atoms in total. The Morgan fingerprint density at radius 2 is 1.89 bits per heavy atom. The molecular weight excluding hydrogens is 353 g/mol. The van der Waals surface area contributed by atoms with E-state index in [4.69, 9.17) is 14.9 Å². The van der Waals surface area contributed by atoms with Crippen LogP contribution in [0.1, 0.15) is 31.1 Å². The SMILES string of the molecule is CC(C)=CCOC1CN(C)CCc2c(F)cccc21.O=C(O)C=CC(=O)O. The van der Waals surface area contributed by atoms with E-state index in [0.29, 0.717) is 18.8 Å². The molecule has 2 N–H and O–H groups in total. The van der Waals surface area contributed by atoms with Gasteiger partial charge in [0, 0.05) is 25.2 Å². The molecule has 0 aliphatic carbocycles. The predicted octanol–water partition coefficient (Wildman–Crippen LogP) is 3.05. The molecule has 1 unspecified atom stereocenters. The zero-order chi connectivity index (χ0) is 20.4. The summed E-state index contributed by atoms with van der Waals surface area (Å²) >= 11 is 0.